The number of hydrogen-bond acceptors (Lipinski definition) is 5. The monoisotopic (exact) mass is 328 g/mol. The average molecular weight is 328 g/mol. The summed E-state index contributed by atoms with van der Waals surface area (Å²) in [6.07, 6.45) is 1.68. The first-order valence-electron chi connectivity index (χ1n) is 6.34. The van der Waals surface area contributed by atoms with E-state index in [1.165, 1.54) is 6.26 Å². The smallest absolute Gasteiger partial charge is 0.313 e. The molecule has 0 spiro atoms. The van der Waals surface area contributed by atoms with Crippen molar-refractivity contribution in [3.05, 3.63) is 24.3 Å². The molecule has 8 heteroatoms. The lowest BCUT2D eigenvalue weighted by atomic mass is 10.3. The maximum atomic E-state index is 11.2. The Kier molecular flexibility index (Phi) is 4.89. The lowest BCUT2D eigenvalue weighted by molar-refractivity contribution is -0.133. The summed E-state index contributed by atoms with van der Waals surface area (Å²) in [5.74, 6) is -0.882. The van der Waals surface area contributed by atoms with Crippen LogP contribution in [0.5, 0.6) is 0 Å². The van der Waals surface area contributed by atoms with Crippen LogP contribution >= 0.6 is 11.8 Å². The van der Waals surface area contributed by atoms with Crippen LogP contribution in [0.4, 0.5) is 0 Å². The summed E-state index contributed by atoms with van der Waals surface area (Å²) in [6, 6.07) is 7.49. The van der Waals surface area contributed by atoms with Crippen molar-refractivity contribution >= 4 is 38.6 Å². The minimum atomic E-state index is -3.00. The molecule has 0 aliphatic heterocycles. The summed E-state index contributed by atoms with van der Waals surface area (Å²) in [4.78, 5) is 15.1. The minimum absolute atomic E-state index is 0.0740. The van der Waals surface area contributed by atoms with Crippen molar-refractivity contribution in [1.82, 2.24) is 9.55 Å². The first-order chi connectivity index (χ1) is 9.87. The van der Waals surface area contributed by atoms with E-state index in [9.17, 15) is 13.2 Å². The molecule has 0 atom stereocenters. The van der Waals surface area contributed by atoms with Crippen LogP contribution in [0.25, 0.3) is 11.0 Å². The van der Waals surface area contributed by atoms with Crippen molar-refractivity contribution in [3.8, 4) is 0 Å². The van der Waals surface area contributed by atoms with Crippen LogP contribution in [0.1, 0.15) is 6.42 Å². The number of carboxylic acid groups (broad SMARTS) is 1. The molecule has 1 aromatic heterocycles. The molecule has 0 radical (unpaired) electrons. The van der Waals surface area contributed by atoms with Crippen molar-refractivity contribution in [1.29, 1.82) is 0 Å². The van der Waals surface area contributed by atoms with E-state index < -0.39 is 15.8 Å². The van der Waals surface area contributed by atoms with Gasteiger partial charge in [0.1, 0.15) is 9.84 Å². The third-order valence-electron chi connectivity index (χ3n) is 2.84. The average Bonchev–Trinajstić information content (AvgIpc) is 2.73. The number of benzene rings is 1. The van der Waals surface area contributed by atoms with E-state index in [0.717, 1.165) is 22.8 Å². The number of carbonyl (C=O) groups is 1. The highest BCUT2D eigenvalue weighted by Crippen LogP contribution is 2.24. The largest absolute Gasteiger partial charge is 0.481 e. The van der Waals surface area contributed by atoms with Gasteiger partial charge < -0.3 is 9.67 Å². The number of aryl methyl sites for hydroxylation is 1. The maximum absolute atomic E-state index is 11.2. The quantitative estimate of drug-likeness (QED) is 0.777. The summed E-state index contributed by atoms with van der Waals surface area (Å²) in [5, 5.41) is 9.39. The Balaban J connectivity index is 2.24. The Morgan fingerprint density at radius 1 is 1.38 bits per heavy atom. The van der Waals surface area contributed by atoms with E-state index in [0.29, 0.717) is 18.1 Å². The number of aliphatic carboxylic acids is 1. The van der Waals surface area contributed by atoms with Gasteiger partial charge in [0.15, 0.2) is 5.16 Å². The zero-order valence-corrected chi connectivity index (χ0v) is 13.2. The van der Waals surface area contributed by atoms with E-state index in [2.05, 4.69) is 4.98 Å². The first kappa shape index (κ1) is 15.8. The highest BCUT2D eigenvalue weighted by Gasteiger charge is 2.13. The van der Waals surface area contributed by atoms with Crippen molar-refractivity contribution in [2.24, 2.45) is 0 Å². The molecular formula is C13H16N2O4S2. The van der Waals surface area contributed by atoms with Crippen LogP contribution in [0.15, 0.2) is 29.4 Å². The lowest BCUT2D eigenvalue weighted by Crippen LogP contribution is -2.09. The number of para-hydroxylation sites is 2. The molecule has 2 aromatic rings. The molecule has 0 aliphatic carbocycles. The fraction of sp³-hybridized carbons (Fsp3) is 0.385. The Bertz CT molecular complexity index is 753. The topological polar surface area (TPSA) is 89.3 Å². The van der Waals surface area contributed by atoms with Gasteiger partial charge in [0.25, 0.3) is 0 Å². The van der Waals surface area contributed by atoms with E-state index >= 15 is 0 Å². The molecule has 1 N–H and O–H groups in total. The van der Waals surface area contributed by atoms with Gasteiger partial charge in [-0.25, -0.2) is 13.4 Å². The number of thioether (sulfide) groups is 1. The van der Waals surface area contributed by atoms with Crippen molar-refractivity contribution in [2.75, 3.05) is 17.8 Å². The number of hydrogen-bond donors (Lipinski definition) is 1. The third-order valence-corrected chi connectivity index (χ3v) is 4.83. The van der Waals surface area contributed by atoms with Crippen molar-refractivity contribution < 1.29 is 18.3 Å². The van der Waals surface area contributed by atoms with Gasteiger partial charge >= 0.3 is 5.97 Å². The van der Waals surface area contributed by atoms with Gasteiger partial charge in [-0.05, 0) is 18.6 Å². The van der Waals surface area contributed by atoms with Crippen LogP contribution < -0.4 is 0 Å². The molecule has 2 rings (SSSR count). The molecule has 0 fully saturated rings. The van der Waals surface area contributed by atoms with Gasteiger partial charge in [0, 0.05) is 12.8 Å². The van der Waals surface area contributed by atoms with Crippen molar-refractivity contribution in [2.45, 2.75) is 18.1 Å². The SMILES string of the molecule is CS(=O)(=O)CCCn1c(SCC(=O)O)nc2ccccc21. The number of imidazole rings is 1. The van der Waals surface area contributed by atoms with Crippen LogP contribution in [0, 0.1) is 0 Å². The second-order valence-electron chi connectivity index (χ2n) is 4.70. The molecule has 21 heavy (non-hydrogen) atoms. The van der Waals surface area contributed by atoms with E-state index in [1.54, 1.807) is 0 Å². The molecule has 114 valence electrons. The zero-order valence-electron chi connectivity index (χ0n) is 11.5. The van der Waals surface area contributed by atoms with Gasteiger partial charge in [-0.3, -0.25) is 4.79 Å². The fourth-order valence-corrected chi connectivity index (χ4v) is 3.41. The molecule has 6 nitrogen and oxygen atoms in total. The van der Waals surface area contributed by atoms with Gasteiger partial charge in [-0.15, -0.1) is 0 Å². The summed E-state index contributed by atoms with van der Waals surface area (Å²) in [5.41, 5.74) is 1.67. The Labute approximate surface area is 127 Å². The fourth-order valence-electron chi connectivity index (χ4n) is 1.99. The number of sulfone groups is 1. The molecule has 0 saturated heterocycles. The molecular weight excluding hydrogens is 312 g/mol. The predicted octanol–water partition coefficient (Wildman–Crippen LogP) is 1.65. The van der Waals surface area contributed by atoms with E-state index in [4.69, 9.17) is 5.11 Å². The summed E-state index contributed by atoms with van der Waals surface area (Å²) in [7, 11) is -3.00. The maximum Gasteiger partial charge on any atom is 0.313 e. The van der Waals surface area contributed by atoms with Crippen LogP contribution in [-0.4, -0.2) is 46.8 Å². The Morgan fingerprint density at radius 2 is 2.10 bits per heavy atom. The number of fused-ring (bicyclic) bond motifs is 1. The summed E-state index contributed by atoms with van der Waals surface area (Å²) in [6.45, 7) is 0.496. The number of carboxylic acids is 1. The zero-order chi connectivity index (χ0) is 15.5. The highest BCUT2D eigenvalue weighted by atomic mass is 32.2. The summed E-state index contributed by atoms with van der Waals surface area (Å²) < 4.78 is 24.3. The molecule has 0 saturated carbocycles. The van der Waals surface area contributed by atoms with E-state index in [1.807, 2.05) is 28.8 Å². The summed E-state index contributed by atoms with van der Waals surface area (Å²) >= 11 is 1.14. The van der Waals surface area contributed by atoms with E-state index in [-0.39, 0.29) is 11.5 Å². The molecule has 0 bridgehead atoms. The third kappa shape index (κ3) is 4.47. The molecule has 0 amide bonds. The predicted molar refractivity (Wildman–Crippen MR) is 82.4 cm³/mol. The van der Waals surface area contributed by atoms with Crippen molar-refractivity contribution in [3.63, 3.8) is 0 Å². The van der Waals surface area contributed by atoms with Crippen LogP contribution in [0.2, 0.25) is 0 Å². The lowest BCUT2D eigenvalue weighted by Gasteiger charge is -2.07. The van der Waals surface area contributed by atoms with Crippen LogP contribution in [-0.2, 0) is 21.2 Å². The molecule has 0 unspecified atom stereocenters. The second kappa shape index (κ2) is 6.48. The number of nitrogens with zero attached hydrogens (tertiary/aromatic N) is 2. The first-order valence-corrected chi connectivity index (χ1v) is 9.39. The standard InChI is InChI=1S/C13H16N2O4S2/c1-21(18,19)8-4-7-15-11-6-3-2-5-10(11)14-13(15)20-9-12(16)17/h2-3,5-6H,4,7-9H2,1H3,(H,16,17). The normalized spacial score (nSPS) is 11.9. The van der Waals surface area contributed by atoms with Gasteiger partial charge in [0.2, 0.25) is 0 Å². The van der Waals surface area contributed by atoms with Gasteiger partial charge in [0.05, 0.1) is 22.5 Å². The number of rotatable bonds is 7. The molecule has 1 heterocycles. The second-order valence-corrected chi connectivity index (χ2v) is 7.90. The Hall–Kier alpha value is -1.54. The van der Waals surface area contributed by atoms with Crippen LogP contribution in [0.3, 0.4) is 0 Å². The Morgan fingerprint density at radius 3 is 2.76 bits per heavy atom. The molecule has 1 aromatic carbocycles. The van der Waals surface area contributed by atoms with Gasteiger partial charge in [-0.2, -0.15) is 0 Å². The number of aromatic nitrogens is 2. The van der Waals surface area contributed by atoms with Gasteiger partial charge in [-0.1, -0.05) is 23.9 Å². The molecule has 0 aliphatic rings. The highest BCUT2D eigenvalue weighted by molar-refractivity contribution is 7.99. The minimum Gasteiger partial charge on any atom is -0.481 e.